The number of carbonyl (C=O) groups is 1. The number of aliphatic hydroxyl groups is 2. The number of nitrogens with zero attached hydrogens (tertiary/aromatic N) is 3. The van der Waals surface area contributed by atoms with E-state index in [1.165, 1.54) is 0 Å². The lowest BCUT2D eigenvalue weighted by Gasteiger charge is -2.59. The first-order valence-electron chi connectivity index (χ1n) is 18.1. The zero-order chi connectivity index (χ0) is 36.4. The van der Waals surface area contributed by atoms with E-state index in [9.17, 15) is 20.3 Å². The third kappa shape index (κ3) is 7.91. The molecule has 0 radical (unpaired) electrons. The number of likely N-dealkylation sites (N-methyl/N-ethyl adjacent to an activating group) is 1. The Bertz CT molecular complexity index is 1630. The van der Waals surface area contributed by atoms with Crippen LogP contribution in [0.25, 0.3) is 0 Å². The Labute approximate surface area is 301 Å². The minimum atomic E-state index is -1.34. The molecule has 1 saturated carbocycles. The Morgan fingerprint density at radius 3 is 2.47 bits per heavy atom. The van der Waals surface area contributed by atoms with Gasteiger partial charge in [-0.3, -0.25) is 4.79 Å². The Balaban J connectivity index is 1.75. The summed E-state index contributed by atoms with van der Waals surface area (Å²) in [4.78, 5) is 21.7. The van der Waals surface area contributed by atoms with Gasteiger partial charge in [0.05, 0.1) is 29.9 Å². The Morgan fingerprint density at radius 2 is 1.80 bits per heavy atom. The van der Waals surface area contributed by atoms with Crippen LogP contribution in [0.4, 0.5) is 0 Å². The molecule has 2 aliphatic carbocycles. The molecule has 3 aliphatic rings. The summed E-state index contributed by atoms with van der Waals surface area (Å²) in [6.45, 7) is 10.8. The van der Waals surface area contributed by atoms with Crippen LogP contribution in [0.3, 0.4) is 0 Å². The number of nitriles is 1. The van der Waals surface area contributed by atoms with Crippen molar-refractivity contribution in [3.05, 3.63) is 96.1 Å². The third-order valence-corrected chi connectivity index (χ3v) is 10.4. The Kier molecular flexibility index (Phi) is 13.1. The lowest BCUT2D eigenvalue weighted by Crippen LogP contribution is -2.69. The molecule has 2 aromatic carbocycles. The van der Waals surface area contributed by atoms with Crippen molar-refractivity contribution in [1.82, 2.24) is 4.90 Å². The van der Waals surface area contributed by atoms with Crippen LogP contribution in [0.1, 0.15) is 79.3 Å². The molecule has 0 aromatic heterocycles. The van der Waals surface area contributed by atoms with E-state index in [0.29, 0.717) is 55.1 Å². The predicted octanol–water partition coefficient (Wildman–Crippen LogP) is 6.55. The van der Waals surface area contributed by atoms with Crippen LogP contribution in [0, 0.1) is 29.1 Å². The molecule has 10 nitrogen and oxygen atoms in total. The number of rotatable bonds is 18. The zero-order valence-electron chi connectivity index (χ0n) is 29.8. The summed E-state index contributed by atoms with van der Waals surface area (Å²) in [6.07, 6.45) is 10.8. The lowest BCUT2D eigenvalue weighted by molar-refractivity contribution is -0.252. The molecule has 6 atom stereocenters. The fraction of sp³-hybridized carbons (Fsp3) is 0.488. The summed E-state index contributed by atoms with van der Waals surface area (Å²) in [6, 6.07) is 13.9. The van der Waals surface area contributed by atoms with E-state index in [-0.39, 0.29) is 43.5 Å². The highest BCUT2D eigenvalue weighted by atomic mass is 16.7. The number of aliphatic hydroxyl groups excluding tert-OH is 2. The molecule has 2 aromatic rings. The number of ether oxygens (including phenoxy) is 3. The second kappa shape index (κ2) is 17.7. The number of allylic oxidation sites excluding steroid dienone is 1. The van der Waals surface area contributed by atoms with Gasteiger partial charge in [-0.05, 0) is 92.5 Å². The molecule has 1 amide bonds. The van der Waals surface area contributed by atoms with Gasteiger partial charge in [-0.15, -0.1) is 6.58 Å². The van der Waals surface area contributed by atoms with Crippen LogP contribution in [-0.2, 0) is 9.57 Å². The average Bonchev–Trinajstić information content (AvgIpc) is 3.16. The van der Waals surface area contributed by atoms with Gasteiger partial charge in [-0.2, -0.15) is 5.26 Å². The van der Waals surface area contributed by atoms with Crippen LogP contribution in [0.5, 0.6) is 11.5 Å². The molecular weight excluding hydrogens is 646 g/mol. The molecule has 2 N–H and O–H groups in total. The molecule has 0 saturated heterocycles. The molecule has 10 heteroatoms. The van der Waals surface area contributed by atoms with Crippen molar-refractivity contribution in [2.75, 3.05) is 40.1 Å². The number of hydrogen-bond donors (Lipinski definition) is 2. The number of fused-ring (bicyclic) bond motifs is 2. The van der Waals surface area contributed by atoms with Gasteiger partial charge in [0.2, 0.25) is 5.79 Å². The number of unbranched alkanes of at least 4 members (excludes halogenated alkanes) is 2. The monoisotopic (exact) mass is 697 g/mol. The normalized spacial score (nSPS) is 25.4. The van der Waals surface area contributed by atoms with E-state index in [1.807, 2.05) is 19.1 Å². The third-order valence-electron chi connectivity index (χ3n) is 10.4. The van der Waals surface area contributed by atoms with Gasteiger partial charge >= 0.3 is 0 Å². The SMILES string of the molecule is C=CCOc1ccc2c(c1)[C@H]1[C@H](CCCCO)[C@@H](CCCCO)C=C3C(=NOCC)C[C@H](N(C)C(=O)c4ccc(C#N)cc4)[C@@](OCC=C)(O2)[C@H]31. The summed E-state index contributed by atoms with van der Waals surface area (Å²) in [5.74, 6) is -0.530. The maximum absolute atomic E-state index is 14.3. The van der Waals surface area contributed by atoms with Crippen molar-refractivity contribution in [2.45, 2.75) is 69.6 Å². The Morgan fingerprint density at radius 1 is 1.08 bits per heavy atom. The summed E-state index contributed by atoms with van der Waals surface area (Å²) >= 11 is 0. The fourth-order valence-corrected chi connectivity index (χ4v) is 8.15. The molecule has 5 rings (SSSR count). The molecular formula is C41H51N3O7. The highest BCUT2D eigenvalue weighted by molar-refractivity contribution is 6.03. The first-order chi connectivity index (χ1) is 24.9. The van der Waals surface area contributed by atoms with Crippen molar-refractivity contribution < 1.29 is 34.1 Å². The molecule has 1 aliphatic heterocycles. The van der Waals surface area contributed by atoms with Crippen LogP contribution < -0.4 is 9.47 Å². The van der Waals surface area contributed by atoms with Crippen LogP contribution >= 0.6 is 0 Å². The fourth-order valence-electron chi connectivity index (χ4n) is 8.15. The molecule has 51 heavy (non-hydrogen) atoms. The molecule has 0 unspecified atom stereocenters. The maximum atomic E-state index is 14.3. The lowest BCUT2D eigenvalue weighted by atomic mass is 9.55. The van der Waals surface area contributed by atoms with Crippen molar-refractivity contribution in [3.8, 4) is 17.6 Å². The summed E-state index contributed by atoms with van der Waals surface area (Å²) in [5, 5.41) is 33.6. The standard InChI is InChI=1S/C41H51N3O7/c1-5-22-48-31-18-19-36-34(25-31)38-32(13-9-11-21-46)30(12-8-10-20-45)24-33-35(43-50-7-3)26-37(41(51-36,39(33)38)49-23-6-2)44(4)40(47)29-16-14-28(27-42)15-17-29/h5-6,14-19,24-25,30,32,37-39,45-46H,1-2,7-13,20-23,26H2,3-4H3/t30-,32+,37-,38+,39+,41+/m0/s1. The van der Waals surface area contributed by atoms with Gasteiger partial charge in [0.1, 0.15) is 30.8 Å². The van der Waals surface area contributed by atoms with E-state index < -0.39 is 17.7 Å². The summed E-state index contributed by atoms with van der Waals surface area (Å²) < 4.78 is 20.1. The first-order valence-corrected chi connectivity index (χ1v) is 18.1. The quantitative estimate of drug-likeness (QED) is 0.102. The highest BCUT2D eigenvalue weighted by Crippen LogP contribution is 2.61. The predicted molar refractivity (Wildman–Crippen MR) is 196 cm³/mol. The molecule has 1 heterocycles. The first kappa shape index (κ1) is 37.8. The number of amides is 1. The minimum Gasteiger partial charge on any atom is -0.490 e. The highest BCUT2D eigenvalue weighted by Gasteiger charge is 2.65. The van der Waals surface area contributed by atoms with Gasteiger partial charge in [0.25, 0.3) is 5.91 Å². The molecule has 272 valence electrons. The number of hydrogen-bond acceptors (Lipinski definition) is 9. The van der Waals surface area contributed by atoms with Gasteiger partial charge in [-0.1, -0.05) is 42.8 Å². The molecule has 0 bridgehead atoms. The van der Waals surface area contributed by atoms with Crippen molar-refractivity contribution in [2.24, 2.45) is 22.9 Å². The number of benzene rings is 2. The topological polar surface area (TPSA) is 134 Å². The van der Waals surface area contributed by atoms with Gasteiger partial charge in [-0.25, -0.2) is 0 Å². The van der Waals surface area contributed by atoms with Gasteiger partial charge in [0, 0.05) is 43.7 Å². The van der Waals surface area contributed by atoms with Crippen LogP contribution in [0.15, 0.2) is 84.6 Å². The minimum absolute atomic E-state index is 0.109. The van der Waals surface area contributed by atoms with Crippen molar-refractivity contribution in [1.29, 1.82) is 5.26 Å². The number of oxime groups is 1. The second-order valence-electron chi connectivity index (χ2n) is 13.4. The van der Waals surface area contributed by atoms with E-state index >= 15 is 0 Å². The smallest absolute Gasteiger partial charge is 0.254 e. The van der Waals surface area contributed by atoms with E-state index in [4.69, 9.17) is 24.2 Å². The van der Waals surface area contributed by atoms with Crippen molar-refractivity contribution in [3.63, 3.8) is 0 Å². The Hall–Kier alpha value is -4.43. The maximum Gasteiger partial charge on any atom is 0.254 e. The van der Waals surface area contributed by atoms with Crippen molar-refractivity contribution >= 4 is 11.6 Å². The summed E-state index contributed by atoms with van der Waals surface area (Å²) in [7, 11) is 1.76. The molecule has 0 spiro atoms. The largest absolute Gasteiger partial charge is 0.490 e. The van der Waals surface area contributed by atoms with E-state index in [2.05, 4.69) is 31.4 Å². The number of carbonyl (C=O) groups excluding carboxylic acids is 1. The summed E-state index contributed by atoms with van der Waals surface area (Å²) in [5.41, 5.74) is 3.60. The molecule has 1 fully saturated rings. The van der Waals surface area contributed by atoms with Gasteiger partial charge in [0.15, 0.2) is 0 Å². The van der Waals surface area contributed by atoms with E-state index in [0.717, 1.165) is 42.5 Å². The zero-order valence-corrected chi connectivity index (χ0v) is 29.8. The van der Waals surface area contributed by atoms with Crippen LogP contribution in [0.2, 0.25) is 0 Å². The average molecular weight is 698 g/mol. The van der Waals surface area contributed by atoms with E-state index in [1.54, 1.807) is 48.4 Å². The van der Waals surface area contributed by atoms with Gasteiger partial charge < -0.3 is 34.2 Å². The second-order valence-corrected chi connectivity index (χ2v) is 13.4. The van der Waals surface area contributed by atoms with Crippen LogP contribution in [-0.4, -0.2) is 78.6 Å².